The third kappa shape index (κ3) is 1.34. The van der Waals surface area contributed by atoms with Crippen LogP contribution >= 0.6 is 0 Å². The highest BCUT2D eigenvalue weighted by Gasteiger charge is 2.26. The van der Waals surface area contributed by atoms with Gasteiger partial charge in [-0.3, -0.25) is 0 Å². The molecule has 2 nitrogen and oxygen atoms in total. The van der Waals surface area contributed by atoms with Gasteiger partial charge < -0.3 is 0 Å². The van der Waals surface area contributed by atoms with Crippen LogP contribution in [-0.4, -0.2) is 0 Å². The van der Waals surface area contributed by atoms with Crippen LogP contribution in [0, 0.1) is 0 Å². The number of benzene rings is 2. The van der Waals surface area contributed by atoms with Gasteiger partial charge >= 0.3 is 0 Å². The van der Waals surface area contributed by atoms with E-state index in [1.807, 2.05) is 49.4 Å². The van der Waals surface area contributed by atoms with E-state index in [0.717, 1.165) is 16.3 Å². The zero-order valence-electron chi connectivity index (χ0n) is 9.09. The fraction of sp³-hybridized carbons (Fsp3) is 0.143. The van der Waals surface area contributed by atoms with Crippen LogP contribution in [0.15, 0.2) is 64.6 Å². The Morgan fingerprint density at radius 2 is 1.25 bits per heavy atom. The molecular formula is C14H12N2. The van der Waals surface area contributed by atoms with Crippen LogP contribution in [-0.2, 0) is 5.66 Å². The number of nitrogens with zero attached hydrogens (tertiary/aromatic N) is 2. The molecule has 0 atom stereocenters. The number of para-hydroxylation sites is 2. The van der Waals surface area contributed by atoms with Crippen molar-refractivity contribution in [1.29, 1.82) is 0 Å². The molecule has 0 fully saturated rings. The maximum atomic E-state index is 4.69. The molecule has 0 aromatic heterocycles. The van der Waals surface area contributed by atoms with Crippen molar-refractivity contribution < 1.29 is 0 Å². The Morgan fingerprint density at radius 3 is 1.81 bits per heavy atom. The Kier molecular flexibility index (Phi) is 1.90. The molecule has 1 aliphatic heterocycles. The number of hydrogen-bond acceptors (Lipinski definition) is 2. The molecule has 1 heterocycles. The van der Waals surface area contributed by atoms with Crippen LogP contribution in [0.25, 0.3) is 0 Å². The summed E-state index contributed by atoms with van der Waals surface area (Å²) < 4.78 is 0. The van der Waals surface area contributed by atoms with Gasteiger partial charge in [0.1, 0.15) is 0 Å². The first-order valence-electron chi connectivity index (χ1n) is 5.38. The summed E-state index contributed by atoms with van der Waals surface area (Å²) in [5.41, 5.74) is 0.677. The fourth-order valence-electron chi connectivity index (χ4n) is 2.03. The van der Waals surface area contributed by atoms with Crippen LogP contribution in [0.5, 0.6) is 0 Å². The molecule has 0 unspecified atom stereocenters. The zero-order valence-corrected chi connectivity index (χ0v) is 9.09. The van der Waals surface area contributed by atoms with Crippen LogP contribution in [0.4, 0.5) is 0 Å². The lowest BCUT2D eigenvalue weighted by molar-refractivity contribution is 0.523. The standard InChI is InChI=1S/C14H12N2/c1-14(11-7-3-2-4-8-11)15-12-9-5-6-10-13(12)16-14/h2-10H,1H3. The van der Waals surface area contributed by atoms with E-state index in [1.54, 1.807) is 0 Å². The van der Waals surface area contributed by atoms with E-state index in [2.05, 4.69) is 22.1 Å². The summed E-state index contributed by atoms with van der Waals surface area (Å²) in [5.74, 6) is 0. The quantitative estimate of drug-likeness (QED) is 0.683. The van der Waals surface area contributed by atoms with Crippen LogP contribution < -0.4 is 10.7 Å². The summed E-state index contributed by atoms with van der Waals surface area (Å²) in [6, 6.07) is 18.2. The zero-order chi connectivity index (χ0) is 11.0. The predicted octanol–water partition coefficient (Wildman–Crippen LogP) is 1.81. The van der Waals surface area contributed by atoms with E-state index in [0.29, 0.717) is 0 Å². The molecule has 0 saturated carbocycles. The van der Waals surface area contributed by atoms with Gasteiger partial charge in [-0.25, -0.2) is 9.98 Å². The fourth-order valence-corrected chi connectivity index (χ4v) is 2.03. The molecule has 2 heteroatoms. The van der Waals surface area contributed by atoms with Crippen LogP contribution in [0.1, 0.15) is 12.5 Å². The second kappa shape index (κ2) is 3.27. The molecule has 0 spiro atoms. The number of fused-ring (bicyclic) bond motifs is 1. The minimum absolute atomic E-state index is 0.453. The maximum Gasteiger partial charge on any atom is 0.174 e. The first-order chi connectivity index (χ1) is 7.78. The number of rotatable bonds is 1. The summed E-state index contributed by atoms with van der Waals surface area (Å²) in [6.07, 6.45) is 0. The second-order valence-electron chi connectivity index (χ2n) is 4.10. The third-order valence-electron chi connectivity index (χ3n) is 2.88. The van der Waals surface area contributed by atoms with Crippen molar-refractivity contribution in [2.75, 3.05) is 0 Å². The lowest BCUT2D eigenvalue weighted by Gasteiger charge is -2.17. The number of hydrogen-bond donors (Lipinski definition) is 0. The van der Waals surface area contributed by atoms with Gasteiger partial charge in [0, 0.05) is 5.56 Å². The summed E-state index contributed by atoms with van der Waals surface area (Å²) in [4.78, 5) is 9.37. The van der Waals surface area contributed by atoms with Gasteiger partial charge in [-0.05, 0) is 19.1 Å². The molecule has 16 heavy (non-hydrogen) atoms. The summed E-state index contributed by atoms with van der Waals surface area (Å²) in [5, 5.41) is 1.96. The van der Waals surface area contributed by atoms with Crippen molar-refractivity contribution in [2.45, 2.75) is 12.6 Å². The largest absolute Gasteiger partial charge is 0.249 e. The minimum atomic E-state index is -0.453. The van der Waals surface area contributed by atoms with Gasteiger partial charge in [0.15, 0.2) is 5.66 Å². The Labute approximate surface area is 94.0 Å². The minimum Gasteiger partial charge on any atom is -0.249 e. The van der Waals surface area contributed by atoms with Gasteiger partial charge in [0.25, 0.3) is 0 Å². The molecule has 1 aliphatic rings. The predicted molar refractivity (Wildman–Crippen MR) is 62.5 cm³/mol. The topological polar surface area (TPSA) is 24.7 Å². The van der Waals surface area contributed by atoms with Gasteiger partial charge in [-0.1, -0.05) is 42.5 Å². The Bertz CT molecular complexity index is 594. The van der Waals surface area contributed by atoms with E-state index in [9.17, 15) is 0 Å². The highest BCUT2D eigenvalue weighted by atomic mass is 15.1. The van der Waals surface area contributed by atoms with Crippen molar-refractivity contribution >= 4 is 0 Å². The first-order valence-corrected chi connectivity index (χ1v) is 5.38. The molecule has 78 valence electrons. The molecule has 0 amide bonds. The van der Waals surface area contributed by atoms with Gasteiger partial charge in [-0.15, -0.1) is 0 Å². The van der Waals surface area contributed by atoms with E-state index < -0.39 is 5.66 Å². The first kappa shape index (κ1) is 9.28. The normalized spacial score (nSPS) is 16.1. The monoisotopic (exact) mass is 208 g/mol. The third-order valence-corrected chi connectivity index (χ3v) is 2.88. The van der Waals surface area contributed by atoms with Gasteiger partial charge in [-0.2, -0.15) is 0 Å². The van der Waals surface area contributed by atoms with E-state index in [4.69, 9.17) is 0 Å². The molecule has 0 saturated heterocycles. The molecule has 3 rings (SSSR count). The van der Waals surface area contributed by atoms with Crippen molar-refractivity contribution in [3.63, 3.8) is 0 Å². The van der Waals surface area contributed by atoms with E-state index in [1.165, 1.54) is 0 Å². The molecule has 0 radical (unpaired) electrons. The van der Waals surface area contributed by atoms with E-state index in [-0.39, 0.29) is 0 Å². The van der Waals surface area contributed by atoms with Gasteiger partial charge in [0.05, 0.1) is 10.7 Å². The van der Waals surface area contributed by atoms with Crippen molar-refractivity contribution in [1.82, 2.24) is 0 Å². The van der Waals surface area contributed by atoms with Crippen molar-refractivity contribution in [3.05, 3.63) is 70.9 Å². The SMILES string of the molecule is CC1(c2ccccc2)N=c2ccccc2=N1. The van der Waals surface area contributed by atoms with Gasteiger partial charge in [0.2, 0.25) is 0 Å². The Morgan fingerprint density at radius 1 is 0.750 bits per heavy atom. The lowest BCUT2D eigenvalue weighted by atomic mass is 10.0. The lowest BCUT2D eigenvalue weighted by Crippen LogP contribution is -2.19. The highest BCUT2D eigenvalue weighted by molar-refractivity contribution is 5.25. The average molecular weight is 208 g/mol. The molecule has 2 aromatic rings. The second-order valence-corrected chi connectivity index (χ2v) is 4.10. The maximum absolute atomic E-state index is 4.69. The molecule has 0 bridgehead atoms. The molecule has 0 aliphatic carbocycles. The highest BCUT2D eigenvalue weighted by Crippen LogP contribution is 2.26. The van der Waals surface area contributed by atoms with Crippen LogP contribution in [0.3, 0.4) is 0 Å². The molecular weight excluding hydrogens is 196 g/mol. The summed E-state index contributed by atoms with van der Waals surface area (Å²) in [7, 11) is 0. The van der Waals surface area contributed by atoms with Crippen molar-refractivity contribution in [2.24, 2.45) is 9.98 Å². The Hall–Kier alpha value is -1.96. The van der Waals surface area contributed by atoms with Crippen LogP contribution in [0.2, 0.25) is 0 Å². The Balaban J connectivity index is 2.22. The van der Waals surface area contributed by atoms with E-state index >= 15 is 0 Å². The average Bonchev–Trinajstić information content (AvgIpc) is 2.68. The summed E-state index contributed by atoms with van der Waals surface area (Å²) >= 11 is 0. The summed E-state index contributed by atoms with van der Waals surface area (Å²) in [6.45, 7) is 2.04. The molecule has 0 N–H and O–H groups in total. The molecule has 2 aromatic carbocycles. The smallest absolute Gasteiger partial charge is 0.174 e. The van der Waals surface area contributed by atoms with Crippen molar-refractivity contribution in [3.8, 4) is 0 Å².